The number of ketones is 1. The summed E-state index contributed by atoms with van der Waals surface area (Å²) < 4.78 is 0. The molecule has 0 spiro atoms. The number of hydrogen-bond acceptors (Lipinski definition) is 2. The van der Waals surface area contributed by atoms with Gasteiger partial charge in [0.05, 0.1) is 0 Å². The lowest BCUT2D eigenvalue weighted by atomic mass is 9.81. The van der Waals surface area contributed by atoms with E-state index in [2.05, 4.69) is 0 Å². The average molecular weight is 176 g/mol. The monoisotopic (exact) mass is 176 g/mol. The quantitative estimate of drug-likeness (QED) is 0.651. The largest absolute Gasteiger partial charge is 0.382 e. The van der Waals surface area contributed by atoms with E-state index < -0.39 is 5.60 Å². The topological polar surface area (TPSA) is 37.3 Å². The van der Waals surface area contributed by atoms with E-state index in [4.69, 9.17) is 0 Å². The van der Waals surface area contributed by atoms with Crippen molar-refractivity contribution < 1.29 is 9.90 Å². The van der Waals surface area contributed by atoms with Gasteiger partial charge in [-0.2, -0.15) is 0 Å². The van der Waals surface area contributed by atoms with Crippen molar-refractivity contribution in [2.45, 2.75) is 25.4 Å². The first-order valence-corrected chi connectivity index (χ1v) is 4.46. The van der Waals surface area contributed by atoms with Gasteiger partial charge in [-0.05, 0) is 25.3 Å². The molecule has 2 rings (SSSR count). The van der Waals surface area contributed by atoms with Crippen molar-refractivity contribution in [2.24, 2.45) is 0 Å². The SMILES string of the molecule is CC1(O)CCc2ccccc2C1=O. The summed E-state index contributed by atoms with van der Waals surface area (Å²) in [5.41, 5.74) is 0.576. The summed E-state index contributed by atoms with van der Waals surface area (Å²) in [5, 5.41) is 9.74. The Hall–Kier alpha value is -1.15. The van der Waals surface area contributed by atoms with Gasteiger partial charge >= 0.3 is 0 Å². The van der Waals surface area contributed by atoms with E-state index in [9.17, 15) is 9.90 Å². The third kappa shape index (κ3) is 1.27. The van der Waals surface area contributed by atoms with Gasteiger partial charge in [0, 0.05) is 5.56 Å². The Kier molecular flexibility index (Phi) is 1.74. The molecule has 1 unspecified atom stereocenters. The molecule has 0 bridgehead atoms. The molecule has 0 fully saturated rings. The maximum Gasteiger partial charge on any atom is 0.194 e. The molecule has 1 aromatic carbocycles. The first-order chi connectivity index (χ1) is 6.11. The number of aryl methyl sites for hydroxylation is 1. The molecule has 1 aromatic rings. The lowest BCUT2D eigenvalue weighted by molar-refractivity contribution is 0.0341. The molecule has 0 aliphatic heterocycles. The molecule has 0 aromatic heterocycles. The second-order valence-electron chi connectivity index (χ2n) is 3.76. The van der Waals surface area contributed by atoms with Crippen LogP contribution in [0.15, 0.2) is 24.3 Å². The minimum Gasteiger partial charge on any atom is -0.382 e. The van der Waals surface area contributed by atoms with Crippen LogP contribution in [0.5, 0.6) is 0 Å². The summed E-state index contributed by atoms with van der Waals surface area (Å²) in [5.74, 6) is -0.144. The van der Waals surface area contributed by atoms with Crippen molar-refractivity contribution in [3.05, 3.63) is 35.4 Å². The number of carbonyl (C=O) groups excluding carboxylic acids is 1. The van der Waals surface area contributed by atoms with Gasteiger partial charge in [0.15, 0.2) is 5.78 Å². The Morgan fingerprint density at radius 3 is 2.85 bits per heavy atom. The fraction of sp³-hybridized carbons (Fsp3) is 0.364. The van der Waals surface area contributed by atoms with Crippen molar-refractivity contribution in [1.29, 1.82) is 0 Å². The Bertz CT molecular complexity index is 353. The van der Waals surface area contributed by atoms with Crippen LogP contribution in [0.2, 0.25) is 0 Å². The molecule has 13 heavy (non-hydrogen) atoms. The van der Waals surface area contributed by atoms with Crippen LogP contribution < -0.4 is 0 Å². The zero-order chi connectivity index (χ0) is 9.47. The van der Waals surface area contributed by atoms with E-state index in [1.807, 2.05) is 18.2 Å². The molecule has 2 nitrogen and oxygen atoms in total. The summed E-state index contributed by atoms with van der Waals surface area (Å²) in [6.45, 7) is 1.59. The van der Waals surface area contributed by atoms with Gasteiger partial charge in [-0.25, -0.2) is 0 Å². The highest BCUT2D eigenvalue weighted by atomic mass is 16.3. The zero-order valence-corrected chi connectivity index (χ0v) is 7.58. The molecule has 0 radical (unpaired) electrons. The number of hydrogen-bond donors (Lipinski definition) is 1. The van der Waals surface area contributed by atoms with Gasteiger partial charge in [0.1, 0.15) is 5.60 Å². The van der Waals surface area contributed by atoms with Crippen LogP contribution in [0.4, 0.5) is 0 Å². The van der Waals surface area contributed by atoms with E-state index in [0.29, 0.717) is 12.0 Å². The molecular formula is C11H12O2. The molecule has 68 valence electrons. The van der Waals surface area contributed by atoms with Crippen LogP contribution in [-0.4, -0.2) is 16.5 Å². The highest BCUT2D eigenvalue weighted by Gasteiger charge is 2.35. The van der Waals surface area contributed by atoms with Gasteiger partial charge in [0.2, 0.25) is 0 Å². The predicted octanol–water partition coefficient (Wildman–Crippen LogP) is 1.57. The van der Waals surface area contributed by atoms with Gasteiger partial charge < -0.3 is 5.11 Å². The highest BCUT2D eigenvalue weighted by Crippen LogP contribution is 2.27. The third-order valence-electron chi connectivity index (χ3n) is 2.63. The minimum atomic E-state index is -1.16. The normalized spacial score (nSPS) is 27.1. The molecule has 0 heterocycles. The summed E-state index contributed by atoms with van der Waals surface area (Å²) in [6, 6.07) is 7.48. The molecule has 2 heteroatoms. The van der Waals surface area contributed by atoms with Gasteiger partial charge in [-0.1, -0.05) is 24.3 Å². The van der Waals surface area contributed by atoms with Crippen molar-refractivity contribution in [3.8, 4) is 0 Å². The van der Waals surface area contributed by atoms with Gasteiger partial charge in [-0.15, -0.1) is 0 Å². The van der Waals surface area contributed by atoms with Crippen LogP contribution in [0.1, 0.15) is 29.3 Å². The second kappa shape index (κ2) is 2.67. The van der Waals surface area contributed by atoms with Crippen LogP contribution in [0.25, 0.3) is 0 Å². The number of aliphatic hydroxyl groups is 1. The maximum absolute atomic E-state index is 11.7. The number of fused-ring (bicyclic) bond motifs is 1. The van der Waals surface area contributed by atoms with Gasteiger partial charge in [0.25, 0.3) is 0 Å². The Labute approximate surface area is 77.2 Å². The molecule has 1 aliphatic carbocycles. The predicted molar refractivity (Wildman–Crippen MR) is 49.7 cm³/mol. The smallest absolute Gasteiger partial charge is 0.194 e. The first-order valence-electron chi connectivity index (χ1n) is 4.46. The summed E-state index contributed by atoms with van der Waals surface area (Å²) in [4.78, 5) is 11.7. The second-order valence-corrected chi connectivity index (χ2v) is 3.76. The third-order valence-corrected chi connectivity index (χ3v) is 2.63. The van der Waals surface area contributed by atoms with Crippen molar-refractivity contribution in [3.63, 3.8) is 0 Å². The molecule has 0 amide bonds. The van der Waals surface area contributed by atoms with Crippen molar-refractivity contribution in [1.82, 2.24) is 0 Å². The standard InChI is InChI=1S/C11H12O2/c1-11(13)7-6-8-4-2-3-5-9(8)10(11)12/h2-5,13H,6-7H2,1H3. The number of rotatable bonds is 0. The highest BCUT2D eigenvalue weighted by molar-refractivity contribution is 6.04. The summed E-state index contributed by atoms with van der Waals surface area (Å²) in [6.07, 6.45) is 1.32. The Balaban J connectivity index is 2.52. The molecule has 1 aliphatic rings. The van der Waals surface area contributed by atoms with E-state index in [0.717, 1.165) is 12.0 Å². The molecule has 0 saturated carbocycles. The molecule has 1 N–H and O–H groups in total. The summed E-state index contributed by atoms with van der Waals surface area (Å²) >= 11 is 0. The van der Waals surface area contributed by atoms with Crippen LogP contribution in [0, 0.1) is 0 Å². The van der Waals surface area contributed by atoms with E-state index >= 15 is 0 Å². The lowest BCUT2D eigenvalue weighted by Crippen LogP contribution is -2.39. The van der Waals surface area contributed by atoms with E-state index in [-0.39, 0.29) is 5.78 Å². The fourth-order valence-electron chi connectivity index (χ4n) is 1.74. The van der Waals surface area contributed by atoms with Crippen molar-refractivity contribution >= 4 is 5.78 Å². The Morgan fingerprint density at radius 1 is 1.38 bits per heavy atom. The van der Waals surface area contributed by atoms with Crippen LogP contribution in [-0.2, 0) is 6.42 Å². The van der Waals surface area contributed by atoms with Crippen molar-refractivity contribution in [2.75, 3.05) is 0 Å². The number of Topliss-reactive ketones (excluding diaryl/α,β-unsaturated/α-hetero) is 1. The molecular weight excluding hydrogens is 164 g/mol. The number of benzene rings is 1. The van der Waals surface area contributed by atoms with Crippen LogP contribution >= 0.6 is 0 Å². The molecule has 1 atom stereocenters. The molecule has 0 saturated heterocycles. The Morgan fingerprint density at radius 2 is 2.08 bits per heavy atom. The van der Waals surface area contributed by atoms with Crippen LogP contribution in [0.3, 0.4) is 0 Å². The summed E-state index contributed by atoms with van der Waals surface area (Å²) in [7, 11) is 0. The van der Waals surface area contributed by atoms with E-state index in [1.54, 1.807) is 13.0 Å². The van der Waals surface area contributed by atoms with E-state index in [1.165, 1.54) is 0 Å². The fourth-order valence-corrected chi connectivity index (χ4v) is 1.74. The first kappa shape index (κ1) is 8.45. The number of carbonyl (C=O) groups is 1. The minimum absolute atomic E-state index is 0.144. The average Bonchev–Trinajstić information content (AvgIpc) is 2.13. The lowest BCUT2D eigenvalue weighted by Gasteiger charge is -2.27. The van der Waals surface area contributed by atoms with Gasteiger partial charge in [-0.3, -0.25) is 4.79 Å². The zero-order valence-electron chi connectivity index (χ0n) is 7.58. The maximum atomic E-state index is 11.7.